The number of nitrogens with one attached hydrogen (secondary N) is 1. The van der Waals surface area contributed by atoms with Gasteiger partial charge in [0.1, 0.15) is 22.8 Å². The number of amides is 2. The first-order chi connectivity index (χ1) is 15.9. The van der Waals surface area contributed by atoms with Crippen LogP contribution in [0.1, 0.15) is 52.1 Å². The Morgan fingerprint density at radius 1 is 1.36 bits per heavy atom. The van der Waals surface area contributed by atoms with Gasteiger partial charge in [0.15, 0.2) is 5.13 Å². The van der Waals surface area contributed by atoms with Crippen molar-refractivity contribution in [2.24, 2.45) is 5.92 Å². The third-order valence-corrected chi connectivity index (χ3v) is 7.29. The minimum absolute atomic E-state index is 0.131. The summed E-state index contributed by atoms with van der Waals surface area (Å²) in [5, 5.41) is 7.10. The molecular formula is C23H24FN5O3S. The van der Waals surface area contributed by atoms with Crippen molar-refractivity contribution in [2.75, 3.05) is 12.3 Å². The lowest BCUT2D eigenvalue weighted by atomic mass is 10.1. The first-order valence-corrected chi connectivity index (χ1v) is 11.8. The van der Waals surface area contributed by atoms with Crippen LogP contribution in [0.25, 0.3) is 10.4 Å². The van der Waals surface area contributed by atoms with Crippen LogP contribution in [0.2, 0.25) is 0 Å². The van der Waals surface area contributed by atoms with E-state index in [1.165, 1.54) is 23.5 Å². The molecule has 0 unspecified atom stereocenters. The summed E-state index contributed by atoms with van der Waals surface area (Å²) in [5.74, 6) is 0.0917. The first kappa shape index (κ1) is 21.6. The van der Waals surface area contributed by atoms with Gasteiger partial charge in [0.2, 0.25) is 0 Å². The number of likely N-dealkylation sites (tertiary alicyclic amines) is 1. The lowest BCUT2D eigenvalue weighted by molar-refractivity contribution is 0.0684. The number of aromatic nitrogens is 2. The number of fused-ring (bicyclic) bond motifs is 1. The molecule has 33 heavy (non-hydrogen) atoms. The lowest BCUT2D eigenvalue weighted by Crippen LogP contribution is -2.45. The maximum absolute atomic E-state index is 13.8. The molecule has 3 heterocycles. The Morgan fingerprint density at radius 2 is 2.18 bits per heavy atom. The zero-order chi connectivity index (χ0) is 23.3. The van der Waals surface area contributed by atoms with Crippen molar-refractivity contribution in [2.45, 2.75) is 45.2 Å². The van der Waals surface area contributed by atoms with Crippen molar-refractivity contribution in [3.63, 3.8) is 0 Å². The van der Waals surface area contributed by atoms with E-state index in [2.05, 4.69) is 15.5 Å². The molecule has 2 amide bonds. The highest BCUT2D eigenvalue weighted by molar-refractivity contribution is 7.19. The van der Waals surface area contributed by atoms with Crippen LogP contribution in [0.3, 0.4) is 0 Å². The maximum atomic E-state index is 13.8. The number of halogens is 1. The number of carbonyl (C=O) groups is 2. The molecule has 0 radical (unpaired) electrons. The monoisotopic (exact) mass is 469 g/mol. The summed E-state index contributed by atoms with van der Waals surface area (Å²) in [4.78, 5) is 33.1. The third kappa shape index (κ3) is 3.88. The van der Waals surface area contributed by atoms with Crippen LogP contribution in [-0.4, -0.2) is 45.5 Å². The van der Waals surface area contributed by atoms with Crippen LogP contribution in [-0.2, 0) is 6.42 Å². The molecule has 1 aliphatic heterocycles. The van der Waals surface area contributed by atoms with E-state index in [0.717, 1.165) is 12.8 Å². The summed E-state index contributed by atoms with van der Waals surface area (Å²) in [6, 6.07) is 6.03. The Hall–Kier alpha value is -3.27. The molecule has 2 fully saturated rings. The van der Waals surface area contributed by atoms with E-state index in [1.807, 2.05) is 11.8 Å². The van der Waals surface area contributed by atoms with Crippen LogP contribution in [0.5, 0.6) is 0 Å². The number of aryl methyl sites for hydroxylation is 2. The first-order valence-electron chi connectivity index (χ1n) is 11.0. The van der Waals surface area contributed by atoms with Gasteiger partial charge in [-0.25, -0.2) is 9.37 Å². The number of rotatable bonds is 6. The molecule has 2 aromatic heterocycles. The van der Waals surface area contributed by atoms with E-state index < -0.39 is 5.82 Å². The quantitative estimate of drug-likeness (QED) is 0.572. The Balaban J connectivity index is 1.36. The van der Waals surface area contributed by atoms with Gasteiger partial charge < -0.3 is 20.5 Å². The summed E-state index contributed by atoms with van der Waals surface area (Å²) < 4.78 is 19.0. The zero-order valence-electron chi connectivity index (χ0n) is 18.3. The third-order valence-electron chi connectivity index (χ3n) is 6.36. The number of thiazole rings is 1. The molecule has 1 aliphatic carbocycles. The average Bonchev–Trinajstić information content (AvgIpc) is 3.11. The van der Waals surface area contributed by atoms with Crippen molar-refractivity contribution in [3.8, 4) is 10.4 Å². The molecule has 8 nitrogen and oxygen atoms in total. The van der Waals surface area contributed by atoms with Gasteiger partial charge in [-0.2, -0.15) is 0 Å². The minimum Gasteiger partial charge on any atom is -0.375 e. The number of carbonyl (C=O) groups excluding carboxylic acids is 2. The number of anilines is 1. The Bertz CT molecular complexity index is 1240. The molecule has 5 rings (SSSR count). The summed E-state index contributed by atoms with van der Waals surface area (Å²) in [6.07, 6.45) is 2.32. The number of hydrogen-bond acceptors (Lipinski definition) is 7. The van der Waals surface area contributed by atoms with E-state index in [9.17, 15) is 14.0 Å². The predicted octanol–water partition coefficient (Wildman–Crippen LogP) is 3.42. The number of nitrogen functional groups attached to an aromatic ring is 1. The number of benzene rings is 1. The minimum atomic E-state index is -0.391. The second-order valence-corrected chi connectivity index (χ2v) is 9.57. The summed E-state index contributed by atoms with van der Waals surface area (Å²) in [6.45, 7) is 3.95. The Morgan fingerprint density at radius 3 is 2.94 bits per heavy atom. The normalized spacial score (nSPS) is 21.2. The van der Waals surface area contributed by atoms with Gasteiger partial charge in [0, 0.05) is 19.0 Å². The zero-order valence-corrected chi connectivity index (χ0v) is 19.1. The van der Waals surface area contributed by atoms with Crippen LogP contribution >= 0.6 is 11.3 Å². The molecule has 0 bridgehead atoms. The van der Waals surface area contributed by atoms with Crippen molar-refractivity contribution < 1.29 is 18.5 Å². The Kier molecular flexibility index (Phi) is 5.40. The summed E-state index contributed by atoms with van der Waals surface area (Å²) in [5.41, 5.74) is 7.74. The van der Waals surface area contributed by atoms with Gasteiger partial charge in [-0.05, 0) is 43.4 Å². The molecule has 1 saturated carbocycles. The number of nitrogens with zero attached hydrogens (tertiary/aromatic N) is 3. The van der Waals surface area contributed by atoms with E-state index >= 15 is 0 Å². The van der Waals surface area contributed by atoms with Gasteiger partial charge in [-0.3, -0.25) is 9.59 Å². The summed E-state index contributed by atoms with van der Waals surface area (Å²) >= 11 is 1.17. The number of hydrogen-bond donors (Lipinski definition) is 2. The van der Waals surface area contributed by atoms with Gasteiger partial charge >= 0.3 is 0 Å². The fraction of sp³-hybridized carbons (Fsp3) is 0.391. The fourth-order valence-corrected chi connectivity index (χ4v) is 5.56. The van der Waals surface area contributed by atoms with E-state index in [4.69, 9.17) is 10.3 Å². The topological polar surface area (TPSA) is 114 Å². The molecule has 1 saturated heterocycles. The largest absolute Gasteiger partial charge is 0.375 e. The van der Waals surface area contributed by atoms with E-state index in [-0.39, 0.29) is 34.7 Å². The van der Waals surface area contributed by atoms with E-state index in [1.54, 1.807) is 19.1 Å². The van der Waals surface area contributed by atoms with Crippen molar-refractivity contribution in [1.29, 1.82) is 0 Å². The predicted molar refractivity (Wildman–Crippen MR) is 121 cm³/mol. The molecule has 0 spiro atoms. The summed E-state index contributed by atoms with van der Waals surface area (Å²) in [7, 11) is 0. The molecular weight excluding hydrogens is 445 g/mol. The molecule has 3 N–H and O–H groups in total. The maximum Gasteiger partial charge on any atom is 0.274 e. The second kappa shape index (κ2) is 8.26. The van der Waals surface area contributed by atoms with Crippen LogP contribution < -0.4 is 11.1 Å². The fourth-order valence-electron chi connectivity index (χ4n) is 4.73. The van der Waals surface area contributed by atoms with Crippen LogP contribution in [0.15, 0.2) is 28.8 Å². The number of nitrogens with two attached hydrogens (primary N) is 1. The standard InChI is InChI=1S/C23H24FN5O3S/c1-3-17-18(11(2)28-32-17)21(30)26-10-15-8-13-9-16(13)29(15)22(31)19-20(33-23(25)27-19)12-5-4-6-14(24)7-12/h4-7,13,15-16H,3,8-10H2,1-2H3,(H2,25,27)(H,26,30)/t13-,15+,16+/m1/s1. The van der Waals surface area contributed by atoms with Crippen molar-refractivity contribution in [1.82, 2.24) is 20.4 Å². The molecule has 172 valence electrons. The van der Waals surface area contributed by atoms with Gasteiger partial charge in [-0.1, -0.05) is 35.5 Å². The highest BCUT2D eigenvalue weighted by atomic mass is 32.1. The van der Waals surface area contributed by atoms with Crippen molar-refractivity contribution in [3.05, 3.63) is 52.8 Å². The smallest absolute Gasteiger partial charge is 0.274 e. The van der Waals surface area contributed by atoms with Gasteiger partial charge in [0.05, 0.1) is 16.6 Å². The molecule has 10 heteroatoms. The Labute approximate surface area is 194 Å². The number of piperidine rings is 1. The highest BCUT2D eigenvalue weighted by Gasteiger charge is 2.54. The molecule has 3 aromatic rings. The average molecular weight is 470 g/mol. The second-order valence-electron chi connectivity index (χ2n) is 8.53. The van der Waals surface area contributed by atoms with Gasteiger partial charge in [0.25, 0.3) is 11.8 Å². The van der Waals surface area contributed by atoms with Crippen LogP contribution in [0.4, 0.5) is 9.52 Å². The highest BCUT2D eigenvalue weighted by Crippen LogP contribution is 2.49. The molecule has 2 aliphatic rings. The van der Waals surface area contributed by atoms with Crippen LogP contribution in [0, 0.1) is 18.7 Å². The van der Waals surface area contributed by atoms with E-state index in [0.29, 0.717) is 46.3 Å². The molecule has 3 atom stereocenters. The van der Waals surface area contributed by atoms with Gasteiger partial charge in [-0.15, -0.1) is 0 Å². The molecule has 1 aromatic carbocycles. The lowest BCUT2D eigenvalue weighted by Gasteiger charge is -2.27. The SMILES string of the molecule is CCc1onc(C)c1C(=O)NC[C@@H]1C[C@@H]2C[C@@H]2N1C(=O)c1nc(N)sc1-c1cccc(F)c1. The van der Waals surface area contributed by atoms with Crippen molar-refractivity contribution >= 4 is 28.3 Å².